The Kier molecular flexibility index (Phi) is 4.99. The summed E-state index contributed by atoms with van der Waals surface area (Å²) in [6.45, 7) is 0. The molecule has 0 aliphatic carbocycles. The Morgan fingerprint density at radius 1 is 0.643 bits per heavy atom. The molecule has 0 aliphatic rings. The van der Waals surface area contributed by atoms with E-state index in [-0.39, 0.29) is 15.4 Å². The van der Waals surface area contributed by atoms with Crippen molar-refractivity contribution < 1.29 is 30.7 Å². The van der Waals surface area contributed by atoms with Crippen LogP contribution in [0.2, 0.25) is 0 Å². The maximum atomic E-state index is 15.5. The van der Waals surface area contributed by atoms with Gasteiger partial charge >= 0.3 is 18.0 Å². The molecule has 1 aromatic carbocycles. The van der Waals surface area contributed by atoms with Crippen molar-refractivity contribution in [3.05, 3.63) is 74.6 Å². The van der Waals surface area contributed by atoms with Crippen LogP contribution in [0.15, 0.2) is 59.3 Å². The second-order valence-electron chi connectivity index (χ2n) is 5.94. The van der Waals surface area contributed by atoms with Crippen LogP contribution in [0.3, 0.4) is 0 Å². The third-order valence-electron chi connectivity index (χ3n) is 4.37. The maximum absolute atomic E-state index is 15.5. The van der Waals surface area contributed by atoms with E-state index in [0.29, 0.717) is 22.7 Å². The van der Waals surface area contributed by atoms with Crippen molar-refractivity contribution in [3.8, 4) is 0 Å². The first kappa shape index (κ1) is 20.7. The SMILES string of the molecule is Nc1ccccc1C(c1cccs1)(c1cccs1)C(F)(F)C(F)(F)C(F)(F)F. The van der Waals surface area contributed by atoms with Gasteiger partial charge in [-0.25, -0.2) is 0 Å². The number of thiophene rings is 2. The van der Waals surface area contributed by atoms with Gasteiger partial charge in [0.05, 0.1) is 0 Å². The number of halogens is 7. The van der Waals surface area contributed by atoms with Crippen molar-refractivity contribution in [2.75, 3.05) is 5.73 Å². The van der Waals surface area contributed by atoms with Gasteiger partial charge in [0, 0.05) is 15.4 Å². The first-order valence-electron chi connectivity index (χ1n) is 7.73. The van der Waals surface area contributed by atoms with Crippen LogP contribution >= 0.6 is 22.7 Å². The third kappa shape index (κ3) is 2.73. The molecular formula is C18H12F7NS2. The fraction of sp³-hybridized carbons (Fsp3) is 0.222. The molecule has 2 aromatic heterocycles. The highest BCUT2D eigenvalue weighted by Crippen LogP contribution is 2.62. The van der Waals surface area contributed by atoms with Crippen molar-refractivity contribution in [2.45, 2.75) is 23.4 Å². The predicted octanol–water partition coefficient (Wildman–Crippen LogP) is 6.56. The van der Waals surface area contributed by atoms with E-state index in [1.165, 1.54) is 41.1 Å². The van der Waals surface area contributed by atoms with Gasteiger partial charge in [0.1, 0.15) is 5.41 Å². The molecule has 0 unspecified atom stereocenters. The Balaban J connectivity index is 2.50. The summed E-state index contributed by atoms with van der Waals surface area (Å²) in [6.07, 6.45) is -6.47. The fourth-order valence-corrected chi connectivity index (χ4v) is 5.14. The van der Waals surface area contributed by atoms with Crippen LogP contribution in [-0.4, -0.2) is 18.0 Å². The lowest BCUT2D eigenvalue weighted by Crippen LogP contribution is -2.63. The Labute approximate surface area is 163 Å². The molecule has 3 aromatic rings. The highest BCUT2D eigenvalue weighted by atomic mass is 32.1. The molecular weight excluding hydrogens is 427 g/mol. The Morgan fingerprint density at radius 2 is 1.14 bits per heavy atom. The molecule has 0 atom stereocenters. The van der Waals surface area contributed by atoms with Crippen molar-refractivity contribution in [1.82, 2.24) is 0 Å². The number of hydrogen-bond donors (Lipinski definition) is 1. The predicted molar refractivity (Wildman–Crippen MR) is 95.3 cm³/mol. The molecule has 0 spiro atoms. The second kappa shape index (κ2) is 6.77. The Bertz CT molecular complexity index is 897. The Hall–Kier alpha value is -2.07. The van der Waals surface area contributed by atoms with Crippen LogP contribution in [0.1, 0.15) is 15.3 Å². The smallest absolute Gasteiger partial charge is 0.398 e. The first-order chi connectivity index (χ1) is 13.0. The van der Waals surface area contributed by atoms with Gasteiger partial charge in [-0.3, -0.25) is 0 Å². The molecule has 2 heterocycles. The van der Waals surface area contributed by atoms with Crippen LogP contribution < -0.4 is 5.73 Å². The van der Waals surface area contributed by atoms with Gasteiger partial charge in [-0.2, -0.15) is 30.7 Å². The molecule has 1 nitrogen and oxygen atoms in total. The third-order valence-corrected chi connectivity index (χ3v) is 6.35. The second-order valence-corrected chi connectivity index (χ2v) is 7.83. The van der Waals surface area contributed by atoms with Gasteiger partial charge in [-0.15, -0.1) is 22.7 Å². The average Bonchev–Trinajstić information content (AvgIpc) is 3.30. The number of alkyl halides is 7. The largest absolute Gasteiger partial charge is 0.459 e. The first-order valence-corrected chi connectivity index (χ1v) is 9.49. The van der Waals surface area contributed by atoms with Crippen LogP contribution in [0.25, 0.3) is 0 Å². The summed E-state index contributed by atoms with van der Waals surface area (Å²) in [4.78, 5) is -0.747. The molecule has 0 amide bonds. The summed E-state index contributed by atoms with van der Waals surface area (Å²) in [5, 5.41) is 2.66. The van der Waals surface area contributed by atoms with E-state index >= 15 is 8.78 Å². The molecule has 0 fully saturated rings. The van der Waals surface area contributed by atoms with E-state index in [1.807, 2.05) is 0 Å². The normalized spacial score (nSPS) is 13.7. The Morgan fingerprint density at radius 3 is 1.54 bits per heavy atom. The molecule has 150 valence electrons. The molecule has 2 N–H and O–H groups in total. The lowest BCUT2D eigenvalue weighted by Gasteiger charge is -2.43. The zero-order valence-electron chi connectivity index (χ0n) is 13.8. The average molecular weight is 439 g/mol. The number of nitrogen functional groups attached to an aromatic ring is 1. The molecule has 0 bridgehead atoms. The van der Waals surface area contributed by atoms with Crippen molar-refractivity contribution in [3.63, 3.8) is 0 Å². The molecule has 3 rings (SSSR count). The van der Waals surface area contributed by atoms with Gasteiger partial charge in [0.2, 0.25) is 0 Å². The minimum absolute atomic E-state index is 0.318. The number of hydrogen-bond acceptors (Lipinski definition) is 3. The lowest BCUT2D eigenvalue weighted by atomic mass is 9.69. The fourth-order valence-electron chi connectivity index (χ4n) is 3.10. The van der Waals surface area contributed by atoms with Crippen LogP contribution in [0, 0.1) is 0 Å². The summed E-state index contributed by atoms with van der Waals surface area (Å²) in [7, 11) is 0. The summed E-state index contributed by atoms with van der Waals surface area (Å²) >= 11 is 1.31. The number of benzene rings is 1. The lowest BCUT2D eigenvalue weighted by molar-refractivity contribution is -0.363. The molecule has 10 heteroatoms. The van der Waals surface area contributed by atoms with Crippen LogP contribution in [0.5, 0.6) is 0 Å². The zero-order chi connectivity index (χ0) is 20.8. The minimum Gasteiger partial charge on any atom is -0.398 e. The number of rotatable bonds is 5. The van der Waals surface area contributed by atoms with E-state index in [0.717, 1.165) is 18.2 Å². The van der Waals surface area contributed by atoms with Gasteiger partial charge in [-0.1, -0.05) is 30.3 Å². The highest BCUT2D eigenvalue weighted by Gasteiger charge is 2.81. The van der Waals surface area contributed by atoms with E-state index in [4.69, 9.17) is 5.73 Å². The number of nitrogens with two attached hydrogens (primary N) is 1. The maximum Gasteiger partial charge on any atom is 0.459 e. The van der Waals surface area contributed by atoms with E-state index in [2.05, 4.69) is 0 Å². The molecule has 0 radical (unpaired) electrons. The summed E-state index contributed by atoms with van der Waals surface area (Å²) in [5.41, 5.74) is 1.86. The summed E-state index contributed by atoms with van der Waals surface area (Å²) in [6, 6.07) is 9.72. The summed E-state index contributed by atoms with van der Waals surface area (Å²) in [5.74, 6) is -11.9. The van der Waals surface area contributed by atoms with Crippen LogP contribution in [-0.2, 0) is 5.41 Å². The van der Waals surface area contributed by atoms with Crippen molar-refractivity contribution >= 4 is 28.4 Å². The van der Waals surface area contributed by atoms with Crippen molar-refractivity contribution in [2.24, 2.45) is 0 Å². The van der Waals surface area contributed by atoms with E-state index in [1.54, 1.807) is 0 Å². The van der Waals surface area contributed by atoms with Gasteiger partial charge < -0.3 is 5.73 Å². The monoisotopic (exact) mass is 439 g/mol. The number of para-hydroxylation sites is 1. The topological polar surface area (TPSA) is 26.0 Å². The van der Waals surface area contributed by atoms with Gasteiger partial charge in [0.15, 0.2) is 0 Å². The van der Waals surface area contributed by atoms with Gasteiger partial charge in [0.25, 0.3) is 0 Å². The highest BCUT2D eigenvalue weighted by molar-refractivity contribution is 7.12. The van der Waals surface area contributed by atoms with Crippen molar-refractivity contribution in [1.29, 1.82) is 0 Å². The summed E-state index contributed by atoms with van der Waals surface area (Å²) < 4.78 is 98.9. The molecule has 28 heavy (non-hydrogen) atoms. The molecule has 0 saturated carbocycles. The quantitative estimate of drug-likeness (QED) is 0.354. The minimum atomic E-state index is -6.47. The standard InChI is InChI=1S/C18H12F7NS2/c19-16(20,17(21,22)18(23,24)25)15(13-7-3-9-27-13,14-8-4-10-28-14)11-5-1-2-6-12(11)26/h1-10H,26H2. The van der Waals surface area contributed by atoms with E-state index in [9.17, 15) is 22.0 Å². The van der Waals surface area contributed by atoms with E-state index < -0.39 is 29.0 Å². The van der Waals surface area contributed by atoms with Crippen LogP contribution in [0.4, 0.5) is 36.4 Å². The zero-order valence-corrected chi connectivity index (χ0v) is 15.4. The molecule has 0 saturated heterocycles. The number of anilines is 1. The molecule has 0 aliphatic heterocycles. The van der Waals surface area contributed by atoms with Gasteiger partial charge in [-0.05, 0) is 34.5 Å².